The normalized spacial score (nSPS) is 10.1. The van der Waals surface area contributed by atoms with Crippen LogP contribution < -0.4 is 0 Å². The number of carbonyl (C=O) groups excluding carboxylic acids is 1. The molecule has 0 aliphatic rings. The minimum atomic E-state index is -0.442. The lowest BCUT2D eigenvalue weighted by Gasteiger charge is -1.96. The van der Waals surface area contributed by atoms with Gasteiger partial charge in [0, 0.05) is 11.8 Å². The molecule has 2 aromatic rings. The van der Waals surface area contributed by atoms with Gasteiger partial charge in [-0.2, -0.15) is 0 Å². The molecule has 0 amide bonds. The molecule has 1 N–H and O–H groups in total. The van der Waals surface area contributed by atoms with Crippen LogP contribution in [0.5, 0.6) is 0 Å². The van der Waals surface area contributed by atoms with Crippen molar-refractivity contribution in [1.29, 1.82) is 0 Å². The lowest BCUT2D eigenvalue weighted by molar-refractivity contribution is 0.0595. The number of hydrogen-bond acceptors (Lipinski definition) is 2. The van der Waals surface area contributed by atoms with E-state index in [0.29, 0.717) is 11.3 Å². The lowest BCUT2D eigenvalue weighted by Crippen LogP contribution is -2.00. The maximum Gasteiger partial charge on any atom is 0.354 e. The first-order chi connectivity index (χ1) is 7.70. The molecule has 0 atom stereocenters. The molecular formula is C12H10FNO2. The molecule has 0 saturated heterocycles. The number of carbonyl (C=O) groups is 1. The van der Waals surface area contributed by atoms with Crippen molar-refractivity contribution in [2.24, 2.45) is 0 Å². The minimum absolute atomic E-state index is 0.307. The molecule has 0 spiro atoms. The predicted octanol–water partition coefficient (Wildman–Crippen LogP) is 2.61. The Kier molecular flexibility index (Phi) is 2.72. The Morgan fingerprint density at radius 2 is 2.12 bits per heavy atom. The first kappa shape index (κ1) is 10.4. The summed E-state index contributed by atoms with van der Waals surface area (Å²) in [6, 6.07) is 7.80. The van der Waals surface area contributed by atoms with E-state index in [1.165, 1.54) is 19.2 Å². The monoisotopic (exact) mass is 219 g/mol. The third kappa shape index (κ3) is 1.95. The molecule has 0 fully saturated rings. The number of H-pyrrole nitrogens is 1. The third-order valence-corrected chi connectivity index (χ3v) is 2.25. The van der Waals surface area contributed by atoms with Crippen LogP contribution in [0.2, 0.25) is 0 Å². The van der Waals surface area contributed by atoms with Crippen LogP contribution >= 0.6 is 0 Å². The lowest BCUT2D eigenvalue weighted by atomic mass is 10.1. The third-order valence-electron chi connectivity index (χ3n) is 2.25. The van der Waals surface area contributed by atoms with E-state index in [-0.39, 0.29) is 5.82 Å². The van der Waals surface area contributed by atoms with Crippen LogP contribution in [-0.2, 0) is 4.74 Å². The summed E-state index contributed by atoms with van der Waals surface area (Å²) in [5.41, 5.74) is 1.81. The van der Waals surface area contributed by atoms with Crippen molar-refractivity contribution in [3.05, 3.63) is 48.0 Å². The van der Waals surface area contributed by atoms with Gasteiger partial charge >= 0.3 is 5.97 Å². The average molecular weight is 219 g/mol. The molecule has 0 unspecified atom stereocenters. The standard InChI is InChI=1S/C12H10FNO2/c1-16-12(15)11-6-9(7-14-11)8-3-2-4-10(13)5-8/h2-7,14H,1H3. The van der Waals surface area contributed by atoms with Gasteiger partial charge in [0.05, 0.1) is 7.11 Å². The second kappa shape index (κ2) is 4.18. The Balaban J connectivity index is 2.35. The number of halogens is 1. The number of ether oxygens (including phenoxy) is 1. The van der Waals surface area contributed by atoms with E-state index < -0.39 is 5.97 Å². The molecule has 2 rings (SSSR count). The highest BCUT2D eigenvalue weighted by atomic mass is 19.1. The van der Waals surface area contributed by atoms with Crippen molar-refractivity contribution in [3.63, 3.8) is 0 Å². The van der Waals surface area contributed by atoms with E-state index in [2.05, 4.69) is 9.72 Å². The van der Waals surface area contributed by atoms with Crippen molar-refractivity contribution in [2.75, 3.05) is 7.11 Å². The smallest absolute Gasteiger partial charge is 0.354 e. The zero-order valence-electron chi connectivity index (χ0n) is 8.66. The van der Waals surface area contributed by atoms with Crippen molar-refractivity contribution in [1.82, 2.24) is 4.98 Å². The van der Waals surface area contributed by atoms with Gasteiger partial charge in [0.1, 0.15) is 11.5 Å². The molecule has 0 saturated carbocycles. The van der Waals surface area contributed by atoms with Crippen LogP contribution in [0.15, 0.2) is 36.5 Å². The van der Waals surface area contributed by atoms with E-state index in [1.807, 2.05) is 0 Å². The maximum absolute atomic E-state index is 13.0. The Labute approximate surface area is 91.9 Å². The highest BCUT2D eigenvalue weighted by Gasteiger charge is 2.09. The molecule has 0 bridgehead atoms. The number of nitrogens with one attached hydrogen (secondary N) is 1. The summed E-state index contributed by atoms with van der Waals surface area (Å²) >= 11 is 0. The molecule has 4 heteroatoms. The van der Waals surface area contributed by atoms with E-state index in [1.54, 1.807) is 24.4 Å². The molecule has 1 aromatic carbocycles. The minimum Gasteiger partial charge on any atom is -0.464 e. The predicted molar refractivity (Wildman–Crippen MR) is 57.5 cm³/mol. The van der Waals surface area contributed by atoms with Crippen molar-refractivity contribution in [3.8, 4) is 11.1 Å². The van der Waals surface area contributed by atoms with Gasteiger partial charge in [0.2, 0.25) is 0 Å². The van der Waals surface area contributed by atoms with Crippen molar-refractivity contribution in [2.45, 2.75) is 0 Å². The zero-order chi connectivity index (χ0) is 11.5. The van der Waals surface area contributed by atoms with Gasteiger partial charge in [-0.1, -0.05) is 12.1 Å². The molecular weight excluding hydrogens is 209 g/mol. The number of hydrogen-bond donors (Lipinski definition) is 1. The van der Waals surface area contributed by atoms with Gasteiger partial charge in [0.15, 0.2) is 0 Å². The van der Waals surface area contributed by atoms with Crippen LogP contribution in [0.4, 0.5) is 4.39 Å². The van der Waals surface area contributed by atoms with Crippen molar-refractivity contribution < 1.29 is 13.9 Å². The summed E-state index contributed by atoms with van der Waals surface area (Å²) in [6.45, 7) is 0. The van der Waals surface area contributed by atoms with Crippen molar-refractivity contribution >= 4 is 5.97 Å². The number of aromatic nitrogens is 1. The van der Waals surface area contributed by atoms with Gasteiger partial charge in [-0.3, -0.25) is 0 Å². The molecule has 3 nitrogen and oxygen atoms in total. The number of benzene rings is 1. The van der Waals surface area contributed by atoms with E-state index in [9.17, 15) is 9.18 Å². The van der Waals surface area contributed by atoms with Crippen LogP contribution in [0, 0.1) is 5.82 Å². The molecule has 82 valence electrons. The van der Waals surface area contributed by atoms with Crippen LogP contribution in [0.3, 0.4) is 0 Å². The first-order valence-corrected chi connectivity index (χ1v) is 4.73. The second-order valence-electron chi connectivity index (χ2n) is 3.30. The number of methoxy groups -OCH3 is 1. The topological polar surface area (TPSA) is 42.1 Å². The highest BCUT2D eigenvalue weighted by Crippen LogP contribution is 2.21. The summed E-state index contributed by atoms with van der Waals surface area (Å²) in [7, 11) is 1.31. The Morgan fingerprint density at radius 1 is 1.31 bits per heavy atom. The molecule has 0 aliphatic carbocycles. The van der Waals surface area contributed by atoms with Crippen LogP contribution in [0.25, 0.3) is 11.1 Å². The van der Waals surface area contributed by atoms with E-state index >= 15 is 0 Å². The van der Waals surface area contributed by atoms with Gasteiger partial charge < -0.3 is 9.72 Å². The molecule has 0 aliphatic heterocycles. The largest absolute Gasteiger partial charge is 0.464 e. The number of esters is 1. The van der Waals surface area contributed by atoms with Crippen LogP contribution in [-0.4, -0.2) is 18.1 Å². The summed E-state index contributed by atoms with van der Waals surface area (Å²) in [5.74, 6) is -0.749. The second-order valence-corrected chi connectivity index (χ2v) is 3.30. The number of aromatic amines is 1. The fraction of sp³-hybridized carbons (Fsp3) is 0.0833. The summed E-state index contributed by atoms with van der Waals surface area (Å²) in [4.78, 5) is 14.0. The zero-order valence-corrected chi connectivity index (χ0v) is 8.66. The quantitative estimate of drug-likeness (QED) is 0.789. The van der Waals surface area contributed by atoms with E-state index in [0.717, 1.165) is 5.56 Å². The fourth-order valence-electron chi connectivity index (χ4n) is 1.46. The molecule has 16 heavy (non-hydrogen) atoms. The summed E-state index contributed by atoms with van der Waals surface area (Å²) in [5, 5.41) is 0. The SMILES string of the molecule is COC(=O)c1cc(-c2cccc(F)c2)c[nH]1. The first-order valence-electron chi connectivity index (χ1n) is 4.73. The Morgan fingerprint density at radius 3 is 2.81 bits per heavy atom. The van der Waals surface area contributed by atoms with Gasteiger partial charge in [-0.05, 0) is 23.8 Å². The van der Waals surface area contributed by atoms with E-state index in [4.69, 9.17) is 0 Å². The van der Waals surface area contributed by atoms with Gasteiger partial charge in [0.25, 0.3) is 0 Å². The Bertz CT molecular complexity index is 519. The summed E-state index contributed by atoms with van der Waals surface area (Å²) in [6.07, 6.45) is 1.64. The highest BCUT2D eigenvalue weighted by molar-refractivity contribution is 5.89. The molecule has 0 radical (unpaired) electrons. The molecule has 1 aromatic heterocycles. The molecule has 1 heterocycles. The van der Waals surface area contributed by atoms with Gasteiger partial charge in [-0.15, -0.1) is 0 Å². The van der Waals surface area contributed by atoms with Gasteiger partial charge in [-0.25, -0.2) is 9.18 Å². The Hall–Kier alpha value is -2.10. The summed E-state index contributed by atoms with van der Waals surface area (Å²) < 4.78 is 17.5. The maximum atomic E-state index is 13.0. The number of rotatable bonds is 2. The fourth-order valence-corrected chi connectivity index (χ4v) is 1.46. The van der Waals surface area contributed by atoms with Crippen LogP contribution in [0.1, 0.15) is 10.5 Å². The average Bonchev–Trinajstić information content (AvgIpc) is 2.77.